The van der Waals surface area contributed by atoms with E-state index in [1.54, 1.807) is 36.5 Å². The van der Waals surface area contributed by atoms with E-state index in [9.17, 15) is 4.79 Å². The molecule has 0 bridgehead atoms. The SMILES string of the molecule is CN(Cc1ccc(Br)cc1)C(=O)CSc1nnc(-c2ccncc2)o1. The fraction of sp³-hybridized carbons (Fsp3) is 0.176. The molecule has 1 amide bonds. The molecule has 0 aliphatic rings. The molecule has 8 heteroatoms. The van der Waals surface area contributed by atoms with Crippen molar-refractivity contribution in [3.63, 3.8) is 0 Å². The van der Waals surface area contributed by atoms with Crippen molar-refractivity contribution in [1.82, 2.24) is 20.1 Å². The number of pyridine rings is 1. The molecule has 25 heavy (non-hydrogen) atoms. The van der Waals surface area contributed by atoms with Crippen LogP contribution in [0.3, 0.4) is 0 Å². The Morgan fingerprint density at radius 2 is 1.88 bits per heavy atom. The Morgan fingerprint density at radius 1 is 1.16 bits per heavy atom. The predicted molar refractivity (Wildman–Crippen MR) is 98.9 cm³/mol. The molecule has 0 saturated carbocycles. The molecule has 3 rings (SSSR count). The van der Waals surface area contributed by atoms with Crippen molar-refractivity contribution in [2.24, 2.45) is 0 Å². The maximum atomic E-state index is 12.3. The standard InChI is InChI=1S/C17H15BrN4O2S/c1-22(10-12-2-4-14(18)5-3-12)15(23)11-25-17-21-20-16(24-17)13-6-8-19-9-7-13/h2-9H,10-11H2,1H3. The summed E-state index contributed by atoms with van der Waals surface area (Å²) in [5.74, 6) is 0.655. The molecule has 0 spiro atoms. The molecule has 128 valence electrons. The molecule has 2 aromatic heterocycles. The van der Waals surface area contributed by atoms with Gasteiger partial charge in [0.15, 0.2) is 0 Å². The first-order valence-electron chi connectivity index (χ1n) is 7.47. The molecule has 0 fully saturated rings. The normalized spacial score (nSPS) is 10.6. The molecule has 3 aromatic rings. The van der Waals surface area contributed by atoms with Crippen LogP contribution in [0, 0.1) is 0 Å². The van der Waals surface area contributed by atoms with Gasteiger partial charge in [-0.25, -0.2) is 0 Å². The molecule has 0 atom stereocenters. The van der Waals surface area contributed by atoms with Crippen molar-refractivity contribution in [2.45, 2.75) is 11.8 Å². The number of hydrogen-bond acceptors (Lipinski definition) is 6. The zero-order valence-electron chi connectivity index (χ0n) is 13.4. The average molecular weight is 419 g/mol. The van der Waals surface area contributed by atoms with Crippen molar-refractivity contribution in [2.75, 3.05) is 12.8 Å². The van der Waals surface area contributed by atoms with E-state index in [0.717, 1.165) is 15.6 Å². The van der Waals surface area contributed by atoms with Crippen molar-refractivity contribution in [3.8, 4) is 11.5 Å². The van der Waals surface area contributed by atoms with Gasteiger partial charge in [0.2, 0.25) is 11.8 Å². The maximum absolute atomic E-state index is 12.3. The van der Waals surface area contributed by atoms with E-state index in [0.29, 0.717) is 17.7 Å². The first-order chi connectivity index (χ1) is 12.1. The van der Waals surface area contributed by atoms with Crippen molar-refractivity contribution in [1.29, 1.82) is 0 Å². The van der Waals surface area contributed by atoms with E-state index in [2.05, 4.69) is 31.1 Å². The third kappa shape index (κ3) is 4.90. The minimum atomic E-state index is -0.00317. The Hall–Kier alpha value is -2.19. The van der Waals surface area contributed by atoms with Crippen LogP contribution in [-0.2, 0) is 11.3 Å². The van der Waals surface area contributed by atoms with Crippen LogP contribution >= 0.6 is 27.7 Å². The number of thioether (sulfide) groups is 1. The number of rotatable bonds is 6. The van der Waals surface area contributed by atoms with Gasteiger partial charge in [-0.3, -0.25) is 9.78 Å². The highest BCUT2D eigenvalue weighted by Gasteiger charge is 2.14. The van der Waals surface area contributed by atoms with Gasteiger partial charge >= 0.3 is 0 Å². The topological polar surface area (TPSA) is 72.1 Å². The van der Waals surface area contributed by atoms with Crippen LogP contribution in [0.25, 0.3) is 11.5 Å². The van der Waals surface area contributed by atoms with Crippen LogP contribution in [-0.4, -0.2) is 38.8 Å². The van der Waals surface area contributed by atoms with Crippen molar-refractivity contribution in [3.05, 3.63) is 58.8 Å². The molecule has 0 N–H and O–H groups in total. The third-order valence-corrected chi connectivity index (χ3v) is 4.74. The van der Waals surface area contributed by atoms with Gasteiger partial charge in [-0.05, 0) is 29.8 Å². The number of hydrogen-bond donors (Lipinski definition) is 0. The Balaban J connectivity index is 1.53. The molecule has 0 aliphatic heterocycles. The number of benzene rings is 1. The van der Waals surface area contributed by atoms with Gasteiger partial charge < -0.3 is 9.32 Å². The van der Waals surface area contributed by atoms with Crippen LogP contribution in [0.4, 0.5) is 0 Å². The summed E-state index contributed by atoms with van der Waals surface area (Å²) in [4.78, 5) is 17.9. The molecule has 0 unspecified atom stereocenters. The van der Waals surface area contributed by atoms with E-state index < -0.39 is 0 Å². The van der Waals surface area contributed by atoms with Gasteiger partial charge in [0.05, 0.1) is 5.75 Å². The van der Waals surface area contributed by atoms with Gasteiger partial charge in [0, 0.05) is 36.0 Å². The summed E-state index contributed by atoms with van der Waals surface area (Å²) in [6.45, 7) is 0.554. The number of halogens is 1. The smallest absolute Gasteiger partial charge is 0.277 e. The lowest BCUT2D eigenvalue weighted by Crippen LogP contribution is -2.27. The highest BCUT2D eigenvalue weighted by molar-refractivity contribution is 9.10. The Bertz CT molecular complexity index is 839. The number of carbonyl (C=O) groups excluding carboxylic acids is 1. The van der Waals surface area contributed by atoms with Crippen LogP contribution < -0.4 is 0 Å². The summed E-state index contributed by atoms with van der Waals surface area (Å²) in [6, 6.07) is 11.5. The second-order valence-corrected chi connectivity index (χ2v) is 7.12. The Morgan fingerprint density at radius 3 is 2.60 bits per heavy atom. The quantitative estimate of drug-likeness (QED) is 0.568. The largest absolute Gasteiger partial charge is 0.411 e. The van der Waals surface area contributed by atoms with Crippen LogP contribution in [0.1, 0.15) is 5.56 Å². The van der Waals surface area contributed by atoms with Gasteiger partial charge in [0.1, 0.15) is 0 Å². The van der Waals surface area contributed by atoms with Crippen LogP contribution in [0.2, 0.25) is 0 Å². The lowest BCUT2D eigenvalue weighted by molar-refractivity contribution is -0.127. The van der Waals surface area contributed by atoms with Gasteiger partial charge in [-0.15, -0.1) is 10.2 Å². The molecule has 0 saturated heterocycles. The van der Waals surface area contributed by atoms with E-state index >= 15 is 0 Å². The zero-order valence-corrected chi connectivity index (χ0v) is 15.8. The molecular weight excluding hydrogens is 404 g/mol. The highest BCUT2D eigenvalue weighted by atomic mass is 79.9. The van der Waals surface area contributed by atoms with Gasteiger partial charge in [0.25, 0.3) is 5.22 Å². The van der Waals surface area contributed by atoms with E-state index in [-0.39, 0.29) is 11.7 Å². The number of nitrogens with zero attached hydrogens (tertiary/aromatic N) is 4. The monoisotopic (exact) mass is 418 g/mol. The van der Waals surface area contributed by atoms with Crippen LogP contribution in [0.15, 0.2) is 62.9 Å². The average Bonchev–Trinajstić information content (AvgIpc) is 3.11. The van der Waals surface area contributed by atoms with Gasteiger partial charge in [-0.1, -0.05) is 39.8 Å². The second kappa shape index (κ2) is 8.26. The fourth-order valence-corrected chi connectivity index (χ4v) is 3.03. The maximum Gasteiger partial charge on any atom is 0.277 e. The highest BCUT2D eigenvalue weighted by Crippen LogP contribution is 2.23. The Kier molecular flexibility index (Phi) is 5.83. The number of amides is 1. The van der Waals surface area contributed by atoms with Crippen molar-refractivity contribution < 1.29 is 9.21 Å². The molecule has 2 heterocycles. The predicted octanol–water partition coefficient (Wildman–Crippen LogP) is 3.64. The van der Waals surface area contributed by atoms with Crippen molar-refractivity contribution >= 4 is 33.6 Å². The number of aromatic nitrogens is 3. The molecular formula is C17H15BrN4O2S. The molecule has 0 aliphatic carbocycles. The zero-order chi connectivity index (χ0) is 17.6. The summed E-state index contributed by atoms with van der Waals surface area (Å²) < 4.78 is 6.58. The second-order valence-electron chi connectivity index (χ2n) is 5.27. The van der Waals surface area contributed by atoms with Crippen LogP contribution in [0.5, 0.6) is 0 Å². The molecule has 1 aromatic carbocycles. The minimum Gasteiger partial charge on any atom is -0.411 e. The summed E-state index contributed by atoms with van der Waals surface area (Å²) in [6.07, 6.45) is 3.32. The van der Waals surface area contributed by atoms with E-state index in [1.165, 1.54) is 11.8 Å². The lowest BCUT2D eigenvalue weighted by atomic mass is 10.2. The van der Waals surface area contributed by atoms with Gasteiger partial charge in [-0.2, -0.15) is 0 Å². The first-order valence-corrected chi connectivity index (χ1v) is 9.25. The number of carbonyl (C=O) groups is 1. The molecule has 6 nitrogen and oxygen atoms in total. The third-order valence-electron chi connectivity index (χ3n) is 3.41. The fourth-order valence-electron chi connectivity index (χ4n) is 2.06. The first kappa shape index (κ1) is 17.6. The summed E-state index contributed by atoms with van der Waals surface area (Å²) in [5, 5.41) is 8.33. The minimum absolute atomic E-state index is 0.00317. The summed E-state index contributed by atoms with van der Waals surface area (Å²) in [7, 11) is 1.78. The lowest BCUT2D eigenvalue weighted by Gasteiger charge is -2.16. The van der Waals surface area contributed by atoms with E-state index in [4.69, 9.17) is 4.42 Å². The molecule has 0 radical (unpaired) electrons. The summed E-state index contributed by atoms with van der Waals surface area (Å²) in [5.41, 5.74) is 1.87. The summed E-state index contributed by atoms with van der Waals surface area (Å²) >= 11 is 4.63. The Labute approximate surface area is 157 Å². The van der Waals surface area contributed by atoms with E-state index in [1.807, 2.05) is 24.3 Å².